The number of piperazine rings is 1. The number of hydrogen-bond acceptors (Lipinski definition) is 7. The summed E-state index contributed by atoms with van der Waals surface area (Å²) in [4.78, 5) is 26.9. The highest BCUT2D eigenvalue weighted by Crippen LogP contribution is 2.21. The molecule has 0 bridgehead atoms. The van der Waals surface area contributed by atoms with Crippen molar-refractivity contribution >= 4 is 27.7 Å². The predicted molar refractivity (Wildman–Crippen MR) is 73.2 cm³/mol. The van der Waals surface area contributed by atoms with Gasteiger partial charge in [-0.15, -0.1) is 0 Å². The monoisotopic (exact) mass is 313 g/mol. The van der Waals surface area contributed by atoms with Gasteiger partial charge in [0.15, 0.2) is 0 Å². The summed E-state index contributed by atoms with van der Waals surface area (Å²) in [6, 6.07) is 1.78. The van der Waals surface area contributed by atoms with Crippen LogP contribution in [0.4, 0.5) is 5.82 Å². The molecule has 1 aromatic heterocycles. The Morgan fingerprint density at radius 2 is 2.19 bits per heavy atom. The number of hydrogen-bond donors (Lipinski definition) is 3. The topological polar surface area (TPSA) is 134 Å². The van der Waals surface area contributed by atoms with Crippen molar-refractivity contribution in [3.8, 4) is 0 Å². The van der Waals surface area contributed by atoms with E-state index in [0.717, 1.165) is 10.5 Å². The standard InChI is InChI=1S/C11H15N5O4S/c1-2-8-11(18)14-10(17)6-16(8)21(19,20)7-3-4-9(15-12)13-5-7/h3-5,8H,2,6,12H2,1H3,(H,13,15)(H,14,17,18). The van der Waals surface area contributed by atoms with Crippen LogP contribution in [-0.4, -0.2) is 42.1 Å². The third-order valence-corrected chi connectivity index (χ3v) is 4.93. The molecular formula is C11H15N5O4S. The van der Waals surface area contributed by atoms with E-state index >= 15 is 0 Å². The van der Waals surface area contributed by atoms with E-state index in [-0.39, 0.29) is 11.3 Å². The third-order valence-electron chi connectivity index (χ3n) is 3.09. The van der Waals surface area contributed by atoms with Gasteiger partial charge in [0, 0.05) is 6.20 Å². The Kier molecular flexibility index (Phi) is 4.21. The molecule has 1 aliphatic heterocycles. The maximum Gasteiger partial charge on any atom is 0.245 e. The van der Waals surface area contributed by atoms with Crippen LogP contribution in [0.15, 0.2) is 23.2 Å². The first-order chi connectivity index (χ1) is 9.90. The van der Waals surface area contributed by atoms with Crippen molar-refractivity contribution < 1.29 is 18.0 Å². The number of nitrogens with two attached hydrogens (primary N) is 1. The minimum atomic E-state index is -3.99. The molecule has 21 heavy (non-hydrogen) atoms. The van der Waals surface area contributed by atoms with Crippen LogP contribution in [-0.2, 0) is 19.6 Å². The number of hydrazine groups is 1. The Balaban J connectivity index is 2.40. The molecule has 9 nitrogen and oxygen atoms in total. The average Bonchev–Trinajstić information content (AvgIpc) is 2.46. The second-order valence-electron chi connectivity index (χ2n) is 4.41. The van der Waals surface area contributed by atoms with Gasteiger partial charge in [-0.05, 0) is 18.6 Å². The fourth-order valence-electron chi connectivity index (χ4n) is 2.04. The zero-order valence-electron chi connectivity index (χ0n) is 11.2. The van der Waals surface area contributed by atoms with E-state index in [4.69, 9.17) is 5.84 Å². The molecule has 0 aromatic carbocycles. The van der Waals surface area contributed by atoms with E-state index in [1.54, 1.807) is 6.92 Å². The molecule has 114 valence electrons. The van der Waals surface area contributed by atoms with Gasteiger partial charge in [0.1, 0.15) is 16.8 Å². The van der Waals surface area contributed by atoms with Crippen LogP contribution >= 0.6 is 0 Å². The molecule has 0 radical (unpaired) electrons. The SMILES string of the molecule is CCC1C(=O)NC(=O)CN1S(=O)(=O)c1ccc(NN)nc1. The smallest absolute Gasteiger partial charge is 0.245 e. The quantitative estimate of drug-likeness (QED) is 0.361. The largest absolute Gasteiger partial charge is 0.308 e. The maximum absolute atomic E-state index is 12.5. The number of anilines is 1. The molecule has 1 fully saturated rings. The van der Waals surface area contributed by atoms with Gasteiger partial charge >= 0.3 is 0 Å². The van der Waals surface area contributed by atoms with E-state index in [1.807, 2.05) is 0 Å². The highest BCUT2D eigenvalue weighted by molar-refractivity contribution is 7.89. The maximum atomic E-state index is 12.5. The third kappa shape index (κ3) is 2.86. The van der Waals surface area contributed by atoms with E-state index in [1.165, 1.54) is 12.1 Å². The summed E-state index contributed by atoms with van der Waals surface area (Å²) >= 11 is 0. The van der Waals surface area contributed by atoms with E-state index in [0.29, 0.717) is 5.82 Å². The highest BCUT2D eigenvalue weighted by atomic mass is 32.2. The lowest BCUT2D eigenvalue weighted by Crippen LogP contribution is -2.59. The number of imide groups is 1. The lowest BCUT2D eigenvalue weighted by molar-refractivity contribution is -0.137. The molecule has 2 rings (SSSR count). The molecule has 1 saturated heterocycles. The molecule has 1 atom stereocenters. The van der Waals surface area contributed by atoms with Gasteiger partial charge < -0.3 is 5.43 Å². The number of carbonyl (C=O) groups excluding carboxylic acids is 2. The van der Waals surface area contributed by atoms with Gasteiger partial charge in [0.2, 0.25) is 21.8 Å². The number of nitrogen functional groups attached to an aromatic ring is 1. The van der Waals surface area contributed by atoms with Gasteiger partial charge in [-0.1, -0.05) is 6.92 Å². The van der Waals surface area contributed by atoms with E-state index in [9.17, 15) is 18.0 Å². The summed E-state index contributed by atoms with van der Waals surface area (Å²) in [6.45, 7) is 1.27. The predicted octanol–water partition coefficient (Wildman–Crippen LogP) is -1.21. The second-order valence-corrected chi connectivity index (χ2v) is 6.30. The highest BCUT2D eigenvalue weighted by Gasteiger charge is 2.40. The van der Waals surface area contributed by atoms with Crippen LogP contribution in [0.25, 0.3) is 0 Å². The lowest BCUT2D eigenvalue weighted by atomic mass is 10.2. The van der Waals surface area contributed by atoms with E-state index < -0.39 is 34.4 Å². The molecule has 1 unspecified atom stereocenters. The van der Waals surface area contributed by atoms with Crippen molar-refractivity contribution in [3.05, 3.63) is 18.3 Å². The minimum Gasteiger partial charge on any atom is -0.308 e. The van der Waals surface area contributed by atoms with Crippen LogP contribution in [0.1, 0.15) is 13.3 Å². The molecule has 0 aliphatic carbocycles. The van der Waals surface area contributed by atoms with Crippen LogP contribution in [0.2, 0.25) is 0 Å². The zero-order valence-corrected chi connectivity index (χ0v) is 12.1. The summed E-state index contributed by atoms with van der Waals surface area (Å²) in [7, 11) is -3.99. The molecule has 2 amide bonds. The first-order valence-electron chi connectivity index (χ1n) is 6.18. The van der Waals surface area contributed by atoms with Crippen molar-refractivity contribution in [1.82, 2.24) is 14.6 Å². The van der Waals surface area contributed by atoms with Gasteiger partial charge in [0.25, 0.3) is 0 Å². The Bertz CT molecular complexity index is 658. The molecular weight excluding hydrogens is 298 g/mol. The molecule has 0 spiro atoms. The molecule has 0 saturated carbocycles. The fraction of sp³-hybridized carbons (Fsp3) is 0.364. The number of nitrogens with one attached hydrogen (secondary N) is 2. The van der Waals surface area contributed by atoms with Crippen LogP contribution < -0.4 is 16.6 Å². The Labute approximate surface area is 121 Å². The van der Waals surface area contributed by atoms with Crippen molar-refractivity contribution in [3.63, 3.8) is 0 Å². The average molecular weight is 313 g/mol. The second kappa shape index (κ2) is 5.76. The van der Waals surface area contributed by atoms with Crippen LogP contribution in [0.3, 0.4) is 0 Å². The van der Waals surface area contributed by atoms with Crippen molar-refractivity contribution in [2.45, 2.75) is 24.3 Å². The molecule has 2 heterocycles. The van der Waals surface area contributed by atoms with Crippen LogP contribution in [0, 0.1) is 0 Å². The van der Waals surface area contributed by atoms with Crippen molar-refractivity contribution in [2.24, 2.45) is 5.84 Å². The summed E-state index contributed by atoms with van der Waals surface area (Å²) in [5, 5.41) is 2.13. The van der Waals surface area contributed by atoms with E-state index in [2.05, 4.69) is 15.7 Å². The van der Waals surface area contributed by atoms with Gasteiger partial charge in [-0.2, -0.15) is 4.31 Å². The summed E-state index contributed by atoms with van der Waals surface area (Å²) < 4.78 is 26.0. The Morgan fingerprint density at radius 3 is 2.71 bits per heavy atom. The lowest BCUT2D eigenvalue weighted by Gasteiger charge is -2.32. The number of rotatable bonds is 4. The van der Waals surface area contributed by atoms with Crippen LogP contribution in [0.5, 0.6) is 0 Å². The van der Waals surface area contributed by atoms with Crippen molar-refractivity contribution in [2.75, 3.05) is 12.0 Å². The first kappa shape index (κ1) is 15.4. The normalized spacial score (nSPS) is 20.2. The molecule has 4 N–H and O–H groups in total. The zero-order chi connectivity index (χ0) is 15.6. The first-order valence-corrected chi connectivity index (χ1v) is 7.62. The number of pyridine rings is 1. The number of sulfonamides is 1. The van der Waals surface area contributed by atoms with Crippen molar-refractivity contribution in [1.29, 1.82) is 0 Å². The summed E-state index contributed by atoms with van der Waals surface area (Å²) in [5.74, 6) is 4.19. The molecule has 10 heteroatoms. The minimum absolute atomic E-state index is 0.109. The fourth-order valence-corrected chi connectivity index (χ4v) is 3.60. The Morgan fingerprint density at radius 1 is 1.48 bits per heavy atom. The number of carbonyl (C=O) groups is 2. The number of nitrogens with zero attached hydrogens (tertiary/aromatic N) is 2. The number of amides is 2. The summed E-state index contributed by atoms with van der Waals surface area (Å²) in [5.41, 5.74) is 2.28. The number of aromatic nitrogens is 1. The molecule has 1 aliphatic rings. The summed E-state index contributed by atoms with van der Waals surface area (Å²) in [6.07, 6.45) is 1.38. The Hall–Kier alpha value is -2.04. The molecule has 1 aromatic rings. The van der Waals surface area contributed by atoms with Gasteiger partial charge in [0.05, 0.1) is 6.54 Å². The van der Waals surface area contributed by atoms with Gasteiger partial charge in [-0.25, -0.2) is 19.2 Å². The van der Waals surface area contributed by atoms with Gasteiger partial charge in [-0.3, -0.25) is 14.9 Å².